The highest BCUT2D eigenvalue weighted by Crippen LogP contribution is 2.35. The van der Waals surface area contributed by atoms with Crippen LogP contribution in [0, 0.1) is 0 Å². The van der Waals surface area contributed by atoms with Crippen LogP contribution in [0.5, 0.6) is 0 Å². The Morgan fingerprint density at radius 1 is 0.952 bits per heavy atom. The van der Waals surface area contributed by atoms with Crippen molar-refractivity contribution in [3.63, 3.8) is 0 Å². The first-order valence-corrected chi connectivity index (χ1v) is 6.85. The number of hydrogen-bond donors (Lipinski definition) is 3. The molecular formula is C16H13N3O2. The van der Waals surface area contributed by atoms with E-state index < -0.39 is 11.2 Å². The van der Waals surface area contributed by atoms with Crippen molar-refractivity contribution in [1.29, 1.82) is 0 Å². The van der Waals surface area contributed by atoms with Crippen LogP contribution in [0.3, 0.4) is 0 Å². The number of aryl methyl sites for hydroxylation is 2. The van der Waals surface area contributed by atoms with Crippen molar-refractivity contribution >= 4 is 22.3 Å². The highest BCUT2D eigenvalue weighted by atomic mass is 16.2. The molecule has 1 aliphatic carbocycles. The fourth-order valence-electron chi connectivity index (χ4n) is 3.04. The summed E-state index contributed by atoms with van der Waals surface area (Å²) in [5.74, 6) is 0.391. The fraction of sp³-hybridized carbons (Fsp3) is 0.125. The molecule has 1 heterocycles. The minimum atomic E-state index is -0.518. The molecular weight excluding hydrogens is 266 g/mol. The summed E-state index contributed by atoms with van der Waals surface area (Å²) in [6.45, 7) is 0. The first kappa shape index (κ1) is 12.0. The summed E-state index contributed by atoms with van der Waals surface area (Å²) < 4.78 is 0. The third-order valence-electron chi connectivity index (χ3n) is 3.91. The molecule has 0 amide bonds. The van der Waals surface area contributed by atoms with Crippen molar-refractivity contribution in [1.82, 2.24) is 9.97 Å². The van der Waals surface area contributed by atoms with Gasteiger partial charge in [0, 0.05) is 17.1 Å². The Labute approximate surface area is 119 Å². The molecule has 5 nitrogen and oxygen atoms in total. The molecule has 0 aliphatic heterocycles. The van der Waals surface area contributed by atoms with Crippen LogP contribution in [0.1, 0.15) is 11.1 Å². The first-order valence-electron chi connectivity index (χ1n) is 6.85. The third kappa shape index (κ3) is 1.94. The average molecular weight is 279 g/mol. The van der Waals surface area contributed by atoms with E-state index in [0.29, 0.717) is 5.82 Å². The Kier molecular flexibility index (Phi) is 2.47. The van der Waals surface area contributed by atoms with E-state index in [4.69, 9.17) is 0 Å². The van der Waals surface area contributed by atoms with Gasteiger partial charge in [-0.15, -0.1) is 0 Å². The van der Waals surface area contributed by atoms with Crippen LogP contribution in [-0.2, 0) is 12.8 Å². The maximum Gasteiger partial charge on any atom is 0.327 e. The molecule has 0 saturated heterocycles. The number of H-pyrrole nitrogens is 2. The lowest BCUT2D eigenvalue weighted by molar-refractivity contribution is 1.02. The molecule has 21 heavy (non-hydrogen) atoms. The number of hydrogen-bond acceptors (Lipinski definition) is 3. The molecule has 0 bridgehead atoms. The van der Waals surface area contributed by atoms with Crippen LogP contribution in [0.2, 0.25) is 0 Å². The van der Waals surface area contributed by atoms with Crippen molar-refractivity contribution < 1.29 is 0 Å². The van der Waals surface area contributed by atoms with Crippen molar-refractivity contribution in [2.45, 2.75) is 12.8 Å². The van der Waals surface area contributed by atoms with Crippen molar-refractivity contribution in [3.8, 4) is 0 Å². The Morgan fingerprint density at radius 2 is 1.76 bits per heavy atom. The molecule has 2 aromatic carbocycles. The van der Waals surface area contributed by atoms with Crippen LogP contribution < -0.4 is 16.6 Å². The van der Waals surface area contributed by atoms with Gasteiger partial charge < -0.3 is 5.32 Å². The van der Waals surface area contributed by atoms with Crippen LogP contribution in [0.25, 0.3) is 10.8 Å². The Morgan fingerprint density at radius 3 is 2.57 bits per heavy atom. The van der Waals surface area contributed by atoms with Gasteiger partial charge in [-0.1, -0.05) is 24.3 Å². The minimum Gasteiger partial charge on any atom is -0.341 e. The second-order valence-corrected chi connectivity index (χ2v) is 5.24. The largest absolute Gasteiger partial charge is 0.341 e. The number of rotatable bonds is 2. The van der Waals surface area contributed by atoms with Gasteiger partial charge in [0.05, 0.1) is 0 Å². The molecule has 1 aliphatic rings. The van der Waals surface area contributed by atoms with Crippen LogP contribution in [0.4, 0.5) is 11.5 Å². The molecule has 0 saturated carbocycles. The predicted molar refractivity (Wildman–Crippen MR) is 82.3 cm³/mol. The lowest BCUT2D eigenvalue weighted by atomic mass is 10.0. The SMILES string of the molecule is O=c1cc(Nc2ccc3c4c(cccc24)CC3)[nH]c(=O)[nH]1. The third-order valence-corrected chi connectivity index (χ3v) is 3.91. The number of aromatic nitrogens is 2. The fourth-order valence-corrected chi connectivity index (χ4v) is 3.04. The summed E-state index contributed by atoms with van der Waals surface area (Å²) in [5, 5.41) is 5.54. The van der Waals surface area contributed by atoms with E-state index in [1.54, 1.807) is 0 Å². The lowest BCUT2D eigenvalue weighted by Crippen LogP contribution is -2.22. The summed E-state index contributed by atoms with van der Waals surface area (Å²) in [6, 6.07) is 11.7. The van der Waals surface area contributed by atoms with Gasteiger partial charge in [0.25, 0.3) is 5.56 Å². The Hall–Kier alpha value is -2.82. The molecule has 1 aromatic heterocycles. The zero-order valence-corrected chi connectivity index (χ0v) is 11.2. The second kappa shape index (κ2) is 4.34. The molecule has 0 unspecified atom stereocenters. The maximum atomic E-state index is 11.4. The van der Waals surface area contributed by atoms with Crippen LogP contribution in [-0.4, -0.2) is 9.97 Å². The molecule has 104 valence electrons. The van der Waals surface area contributed by atoms with Gasteiger partial charge in [-0.2, -0.15) is 0 Å². The van der Waals surface area contributed by atoms with Gasteiger partial charge in [-0.25, -0.2) is 4.79 Å². The molecule has 0 atom stereocenters. The molecule has 5 heteroatoms. The molecule has 3 N–H and O–H groups in total. The van der Waals surface area contributed by atoms with Gasteiger partial charge in [-0.3, -0.25) is 14.8 Å². The van der Waals surface area contributed by atoms with Gasteiger partial charge in [0.1, 0.15) is 5.82 Å². The summed E-state index contributed by atoms with van der Waals surface area (Å²) in [4.78, 5) is 27.4. The molecule has 4 rings (SSSR count). The highest BCUT2D eigenvalue weighted by Gasteiger charge is 2.15. The van der Waals surface area contributed by atoms with Crippen LogP contribution in [0.15, 0.2) is 46.0 Å². The normalized spacial score (nSPS) is 12.8. The molecule has 0 radical (unpaired) electrons. The quantitative estimate of drug-likeness (QED) is 0.672. The van der Waals surface area contributed by atoms with Gasteiger partial charge in [0.15, 0.2) is 0 Å². The predicted octanol–water partition coefficient (Wildman–Crippen LogP) is 2.06. The Bertz CT molecular complexity index is 931. The zero-order valence-electron chi connectivity index (χ0n) is 11.2. The average Bonchev–Trinajstić information content (AvgIpc) is 2.86. The summed E-state index contributed by atoms with van der Waals surface area (Å²) in [7, 11) is 0. The van der Waals surface area contributed by atoms with Crippen molar-refractivity contribution in [2.75, 3.05) is 5.32 Å². The van der Waals surface area contributed by atoms with E-state index in [-0.39, 0.29) is 0 Å². The summed E-state index contributed by atoms with van der Waals surface area (Å²) in [6.07, 6.45) is 2.13. The van der Waals surface area contributed by atoms with Gasteiger partial charge >= 0.3 is 5.69 Å². The standard InChI is InChI=1S/C16H13N3O2/c20-14-8-13(18-16(21)19-14)17-12-7-6-10-5-4-9-2-1-3-11(12)15(9)10/h1-3,6-8H,4-5H2,(H3,17,18,19,20,21). The first-order chi connectivity index (χ1) is 10.2. The van der Waals surface area contributed by atoms with E-state index in [1.807, 2.05) is 12.1 Å². The van der Waals surface area contributed by atoms with E-state index in [2.05, 4.69) is 33.5 Å². The maximum absolute atomic E-state index is 11.4. The van der Waals surface area contributed by atoms with Crippen LogP contribution >= 0.6 is 0 Å². The van der Waals surface area contributed by atoms with E-state index in [9.17, 15) is 9.59 Å². The molecule has 0 fully saturated rings. The lowest BCUT2D eigenvalue weighted by Gasteiger charge is -2.11. The molecule has 0 spiro atoms. The highest BCUT2D eigenvalue weighted by molar-refractivity contribution is 6.00. The topological polar surface area (TPSA) is 77.8 Å². The number of aromatic amines is 2. The van der Waals surface area contributed by atoms with E-state index >= 15 is 0 Å². The van der Waals surface area contributed by atoms with E-state index in [0.717, 1.165) is 23.9 Å². The Balaban J connectivity index is 1.88. The van der Waals surface area contributed by atoms with Crippen molar-refractivity contribution in [2.24, 2.45) is 0 Å². The summed E-state index contributed by atoms with van der Waals surface area (Å²) in [5.41, 5.74) is 2.65. The number of anilines is 2. The summed E-state index contributed by atoms with van der Waals surface area (Å²) >= 11 is 0. The minimum absolute atomic E-state index is 0.391. The smallest absolute Gasteiger partial charge is 0.327 e. The zero-order chi connectivity index (χ0) is 14.4. The van der Waals surface area contributed by atoms with Crippen molar-refractivity contribution in [3.05, 3.63) is 68.4 Å². The number of nitrogens with one attached hydrogen (secondary N) is 3. The van der Waals surface area contributed by atoms with Gasteiger partial charge in [-0.05, 0) is 35.4 Å². The number of benzene rings is 2. The van der Waals surface area contributed by atoms with Gasteiger partial charge in [0.2, 0.25) is 0 Å². The van der Waals surface area contributed by atoms with E-state index in [1.165, 1.54) is 22.6 Å². The molecule has 3 aromatic rings. The second-order valence-electron chi connectivity index (χ2n) is 5.24. The monoisotopic (exact) mass is 279 g/mol.